The summed E-state index contributed by atoms with van der Waals surface area (Å²) in [5, 5.41) is 2.59. The predicted molar refractivity (Wildman–Crippen MR) is 58.4 cm³/mol. The van der Waals surface area contributed by atoms with E-state index in [4.69, 9.17) is 4.74 Å². The van der Waals surface area contributed by atoms with Crippen LogP contribution in [0.5, 0.6) is 0 Å². The van der Waals surface area contributed by atoms with Crippen molar-refractivity contribution in [1.82, 2.24) is 5.32 Å². The predicted octanol–water partition coefficient (Wildman–Crippen LogP) is 1.63. The monoisotopic (exact) mass is 215 g/mol. The van der Waals surface area contributed by atoms with Crippen LogP contribution in [0.1, 0.15) is 47.5 Å². The van der Waals surface area contributed by atoms with Crippen molar-refractivity contribution in [2.75, 3.05) is 0 Å². The molecule has 0 radical (unpaired) electrons. The zero-order valence-corrected chi connectivity index (χ0v) is 10.2. The van der Waals surface area contributed by atoms with E-state index in [1.165, 1.54) is 0 Å². The Bertz CT molecular complexity index is 230. The van der Waals surface area contributed by atoms with E-state index in [1.54, 1.807) is 27.7 Å². The topological polar surface area (TPSA) is 55.4 Å². The van der Waals surface area contributed by atoms with Crippen molar-refractivity contribution in [2.24, 2.45) is 0 Å². The molecule has 1 N–H and O–H groups in total. The molecule has 1 amide bonds. The van der Waals surface area contributed by atoms with Gasteiger partial charge in [-0.25, -0.2) is 4.79 Å². The third kappa shape index (κ3) is 6.94. The van der Waals surface area contributed by atoms with Crippen molar-refractivity contribution in [3.63, 3.8) is 0 Å². The standard InChI is InChI=1S/C11H21NO3/c1-6-7-9(13)12-8(2)10(14)15-11(3,4)5/h8H,6-7H2,1-5H3,(H,12,13)/t8-/m0/s1. The van der Waals surface area contributed by atoms with Gasteiger partial charge in [0.15, 0.2) is 0 Å². The number of ether oxygens (including phenoxy) is 1. The van der Waals surface area contributed by atoms with Crippen LogP contribution in [0.15, 0.2) is 0 Å². The molecular formula is C11H21NO3. The van der Waals surface area contributed by atoms with Gasteiger partial charge in [-0.1, -0.05) is 6.92 Å². The molecule has 15 heavy (non-hydrogen) atoms. The molecule has 0 bridgehead atoms. The Balaban J connectivity index is 4.05. The Morgan fingerprint density at radius 1 is 1.33 bits per heavy atom. The number of amides is 1. The number of carbonyl (C=O) groups is 2. The maximum atomic E-state index is 11.5. The van der Waals surface area contributed by atoms with Crippen molar-refractivity contribution in [3.05, 3.63) is 0 Å². The van der Waals surface area contributed by atoms with E-state index in [1.807, 2.05) is 6.92 Å². The number of hydrogen-bond donors (Lipinski definition) is 1. The van der Waals surface area contributed by atoms with Gasteiger partial charge in [0.2, 0.25) is 5.91 Å². The smallest absolute Gasteiger partial charge is 0.328 e. The minimum atomic E-state index is -0.580. The first-order valence-electron chi connectivity index (χ1n) is 5.28. The summed E-state index contributed by atoms with van der Waals surface area (Å²) in [6.07, 6.45) is 1.21. The Kier molecular flexibility index (Phi) is 5.33. The second kappa shape index (κ2) is 5.73. The molecule has 0 aromatic carbocycles. The van der Waals surface area contributed by atoms with E-state index in [0.29, 0.717) is 6.42 Å². The average Bonchev–Trinajstić information content (AvgIpc) is 2.00. The molecular weight excluding hydrogens is 194 g/mol. The van der Waals surface area contributed by atoms with Gasteiger partial charge < -0.3 is 10.1 Å². The van der Waals surface area contributed by atoms with Gasteiger partial charge in [0.05, 0.1) is 0 Å². The van der Waals surface area contributed by atoms with Gasteiger partial charge in [-0.15, -0.1) is 0 Å². The first-order chi connectivity index (χ1) is 6.76. The van der Waals surface area contributed by atoms with Gasteiger partial charge in [-0.2, -0.15) is 0 Å². The molecule has 0 aliphatic carbocycles. The average molecular weight is 215 g/mol. The molecule has 0 aliphatic heterocycles. The summed E-state index contributed by atoms with van der Waals surface area (Å²) in [6.45, 7) is 8.93. The van der Waals surface area contributed by atoms with Gasteiger partial charge in [0.1, 0.15) is 11.6 Å². The Labute approximate surface area is 91.4 Å². The van der Waals surface area contributed by atoms with Crippen LogP contribution >= 0.6 is 0 Å². The van der Waals surface area contributed by atoms with Gasteiger partial charge in [-0.3, -0.25) is 4.79 Å². The molecule has 4 nitrogen and oxygen atoms in total. The highest BCUT2D eigenvalue weighted by Gasteiger charge is 2.22. The van der Waals surface area contributed by atoms with Gasteiger partial charge in [0, 0.05) is 6.42 Å². The van der Waals surface area contributed by atoms with Crippen LogP contribution in [0.2, 0.25) is 0 Å². The summed E-state index contributed by atoms with van der Waals surface area (Å²) in [6, 6.07) is -0.580. The summed E-state index contributed by atoms with van der Waals surface area (Å²) in [5.74, 6) is -0.511. The molecule has 4 heteroatoms. The number of rotatable bonds is 4. The van der Waals surface area contributed by atoms with Crippen molar-refractivity contribution in [1.29, 1.82) is 0 Å². The SMILES string of the molecule is CCCC(=O)N[C@@H](C)C(=O)OC(C)(C)C. The lowest BCUT2D eigenvalue weighted by molar-refractivity contribution is -0.158. The van der Waals surface area contributed by atoms with Crippen LogP contribution in [0, 0.1) is 0 Å². The molecule has 88 valence electrons. The van der Waals surface area contributed by atoms with Gasteiger partial charge >= 0.3 is 5.97 Å². The minimum absolute atomic E-state index is 0.115. The first kappa shape index (κ1) is 13.9. The molecule has 1 atom stereocenters. The highest BCUT2D eigenvalue weighted by atomic mass is 16.6. The molecule has 0 aromatic rings. The maximum Gasteiger partial charge on any atom is 0.328 e. The molecule has 0 saturated carbocycles. The summed E-state index contributed by atoms with van der Waals surface area (Å²) in [5.41, 5.74) is -0.513. The van der Waals surface area contributed by atoms with Crippen molar-refractivity contribution in [2.45, 2.75) is 59.1 Å². The van der Waals surface area contributed by atoms with E-state index in [0.717, 1.165) is 6.42 Å². The summed E-state index contributed by atoms with van der Waals surface area (Å²) in [7, 11) is 0. The van der Waals surface area contributed by atoms with Crippen molar-refractivity contribution >= 4 is 11.9 Å². The fraction of sp³-hybridized carbons (Fsp3) is 0.818. The van der Waals surface area contributed by atoms with E-state index in [9.17, 15) is 9.59 Å². The van der Waals surface area contributed by atoms with E-state index in [2.05, 4.69) is 5.32 Å². The molecule has 0 heterocycles. The second-order valence-corrected chi connectivity index (χ2v) is 4.57. The number of hydrogen-bond acceptors (Lipinski definition) is 3. The van der Waals surface area contributed by atoms with E-state index in [-0.39, 0.29) is 5.91 Å². The fourth-order valence-electron chi connectivity index (χ4n) is 0.990. The Hall–Kier alpha value is -1.06. The number of nitrogens with one attached hydrogen (secondary N) is 1. The van der Waals surface area contributed by atoms with Crippen LogP contribution in [-0.4, -0.2) is 23.5 Å². The molecule has 0 spiro atoms. The first-order valence-corrected chi connectivity index (χ1v) is 5.28. The third-order valence-electron chi connectivity index (χ3n) is 1.61. The Morgan fingerprint density at radius 2 is 1.87 bits per heavy atom. The van der Waals surface area contributed by atoms with Crippen LogP contribution in [0.25, 0.3) is 0 Å². The second-order valence-electron chi connectivity index (χ2n) is 4.57. The summed E-state index contributed by atoms with van der Waals surface area (Å²) >= 11 is 0. The zero-order valence-electron chi connectivity index (χ0n) is 10.2. The van der Waals surface area contributed by atoms with Crippen LogP contribution in [0.4, 0.5) is 0 Å². The van der Waals surface area contributed by atoms with Crippen molar-refractivity contribution in [3.8, 4) is 0 Å². The molecule has 0 saturated heterocycles. The minimum Gasteiger partial charge on any atom is -0.458 e. The summed E-state index contributed by atoms with van der Waals surface area (Å²) < 4.78 is 5.12. The zero-order chi connectivity index (χ0) is 12.1. The Morgan fingerprint density at radius 3 is 2.27 bits per heavy atom. The van der Waals surface area contributed by atoms with Crippen LogP contribution in [-0.2, 0) is 14.3 Å². The normalized spacial score (nSPS) is 13.1. The lowest BCUT2D eigenvalue weighted by atomic mass is 10.2. The summed E-state index contributed by atoms with van der Waals surface area (Å²) in [4.78, 5) is 22.7. The number of carbonyl (C=O) groups excluding carboxylic acids is 2. The molecule has 0 aromatic heterocycles. The highest BCUT2D eigenvalue weighted by Crippen LogP contribution is 2.08. The quantitative estimate of drug-likeness (QED) is 0.725. The largest absolute Gasteiger partial charge is 0.458 e. The molecule has 0 fully saturated rings. The third-order valence-corrected chi connectivity index (χ3v) is 1.61. The maximum absolute atomic E-state index is 11.5. The lowest BCUT2D eigenvalue weighted by Crippen LogP contribution is -2.42. The highest BCUT2D eigenvalue weighted by molar-refractivity contribution is 5.84. The van der Waals surface area contributed by atoms with Crippen LogP contribution in [0.3, 0.4) is 0 Å². The van der Waals surface area contributed by atoms with Crippen molar-refractivity contribution < 1.29 is 14.3 Å². The van der Waals surface area contributed by atoms with Gasteiger partial charge in [-0.05, 0) is 34.1 Å². The van der Waals surface area contributed by atoms with E-state index >= 15 is 0 Å². The molecule has 0 unspecified atom stereocenters. The molecule has 0 rings (SSSR count). The number of esters is 1. The lowest BCUT2D eigenvalue weighted by Gasteiger charge is -2.22. The van der Waals surface area contributed by atoms with Crippen LogP contribution < -0.4 is 5.32 Å². The fourth-order valence-corrected chi connectivity index (χ4v) is 0.990. The van der Waals surface area contributed by atoms with Gasteiger partial charge in [0.25, 0.3) is 0 Å². The molecule has 0 aliphatic rings. The van der Waals surface area contributed by atoms with E-state index < -0.39 is 17.6 Å².